The summed E-state index contributed by atoms with van der Waals surface area (Å²) in [6.07, 6.45) is 2.73. The number of hydrogen-bond donors (Lipinski definition) is 2. The molecule has 0 saturated carbocycles. The first-order valence-corrected chi connectivity index (χ1v) is 7.61. The molecule has 0 bridgehead atoms. The number of pyridine rings is 1. The third kappa shape index (κ3) is 3.60. The van der Waals surface area contributed by atoms with Crippen molar-refractivity contribution in [1.82, 2.24) is 9.88 Å². The van der Waals surface area contributed by atoms with E-state index in [2.05, 4.69) is 27.1 Å². The number of carbonyl (C=O) groups is 1. The first-order valence-electron chi connectivity index (χ1n) is 7.61. The van der Waals surface area contributed by atoms with Crippen LogP contribution in [0.2, 0.25) is 0 Å². The third-order valence-electron chi connectivity index (χ3n) is 4.04. The Balaban J connectivity index is 1.66. The molecular weight excluding hydrogens is 292 g/mol. The maximum atomic E-state index is 12.1. The van der Waals surface area contributed by atoms with E-state index in [1.165, 1.54) is 18.5 Å². The Bertz CT molecular complexity index is 679. The van der Waals surface area contributed by atoms with Gasteiger partial charge >= 0.3 is 0 Å². The normalized spacial score (nSPS) is 15.4. The lowest BCUT2D eigenvalue weighted by Crippen LogP contribution is -2.44. The Labute approximate surface area is 135 Å². The summed E-state index contributed by atoms with van der Waals surface area (Å²) < 4.78 is 0. The van der Waals surface area contributed by atoms with Gasteiger partial charge in [-0.05, 0) is 37.4 Å². The largest absolute Gasteiger partial charge is 0.505 e. The van der Waals surface area contributed by atoms with E-state index in [-0.39, 0.29) is 17.2 Å². The average molecular weight is 312 g/mol. The second-order valence-corrected chi connectivity index (χ2v) is 5.68. The van der Waals surface area contributed by atoms with Gasteiger partial charge in [-0.15, -0.1) is 0 Å². The number of nitrogens with zero attached hydrogens (tertiary/aromatic N) is 3. The fourth-order valence-corrected chi connectivity index (χ4v) is 2.60. The van der Waals surface area contributed by atoms with Gasteiger partial charge < -0.3 is 20.2 Å². The van der Waals surface area contributed by atoms with Gasteiger partial charge in [-0.1, -0.05) is 0 Å². The van der Waals surface area contributed by atoms with Crippen LogP contribution in [-0.2, 0) is 0 Å². The van der Waals surface area contributed by atoms with E-state index < -0.39 is 0 Å². The number of rotatable bonds is 3. The highest BCUT2D eigenvalue weighted by molar-refractivity contribution is 6.06. The van der Waals surface area contributed by atoms with E-state index in [1.807, 2.05) is 24.3 Å². The van der Waals surface area contributed by atoms with Crippen molar-refractivity contribution in [2.24, 2.45) is 0 Å². The average Bonchev–Trinajstić information content (AvgIpc) is 2.57. The van der Waals surface area contributed by atoms with Crippen molar-refractivity contribution in [2.75, 3.05) is 43.4 Å². The van der Waals surface area contributed by atoms with E-state index in [0.717, 1.165) is 31.9 Å². The second kappa shape index (κ2) is 6.66. The Morgan fingerprint density at radius 1 is 1.13 bits per heavy atom. The summed E-state index contributed by atoms with van der Waals surface area (Å²) in [4.78, 5) is 20.6. The van der Waals surface area contributed by atoms with Crippen LogP contribution in [0.3, 0.4) is 0 Å². The Morgan fingerprint density at radius 3 is 2.48 bits per heavy atom. The van der Waals surface area contributed by atoms with Crippen molar-refractivity contribution >= 4 is 17.3 Å². The Kier molecular flexibility index (Phi) is 4.43. The lowest BCUT2D eigenvalue weighted by atomic mass is 10.2. The highest BCUT2D eigenvalue weighted by Gasteiger charge is 2.15. The maximum Gasteiger partial charge on any atom is 0.259 e. The first-order chi connectivity index (χ1) is 11.1. The predicted octanol–water partition coefficient (Wildman–Crippen LogP) is 1.79. The number of amides is 1. The minimum Gasteiger partial charge on any atom is -0.505 e. The number of anilines is 2. The summed E-state index contributed by atoms with van der Waals surface area (Å²) in [5.41, 5.74) is 2.06. The molecule has 0 aliphatic carbocycles. The summed E-state index contributed by atoms with van der Waals surface area (Å²) in [5.74, 6) is -0.476. The molecule has 2 N–H and O–H groups in total. The zero-order chi connectivity index (χ0) is 16.2. The van der Waals surface area contributed by atoms with Gasteiger partial charge in [-0.2, -0.15) is 0 Å². The smallest absolute Gasteiger partial charge is 0.259 e. The van der Waals surface area contributed by atoms with Gasteiger partial charge in [0, 0.05) is 43.8 Å². The zero-order valence-corrected chi connectivity index (χ0v) is 13.1. The van der Waals surface area contributed by atoms with E-state index >= 15 is 0 Å². The minimum absolute atomic E-state index is 0.126. The number of carbonyl (C=O) groups excluding carboxylic acids is 1. The number of benzene rings is 1. The van der Waals surface area contributed by atoms with Crippen molar-refractivity contribution in [1.29, 1.82) is 0 Å². The lowest BCUT2D eigenvalue weighted by molar-refractivity contribution is 0.102. The van der Waals surface area contributed by atoms with Crippen LogP contribution in [0.1, 0.15) is 10.4 Å². The molecule has 0 atom stereocenters. The fraction of sp³-hybridized carbons (Fsp3) is 0.294. The van der Waals surface area contributed by atoms with Gasteiger partial charge in [0.25, 0.3) is 5.91 Å². The number of nitrogens with one attached hydrogen (secondary N) is 1. The summed E-state index contributed by atoms with van der Waals surface area (Å²) in [6.45, 7) is 4.12. The van der Waals surface area contributed by atoms with Gasteiger partial charge in [0.05, 0.1) is 11.8 Å². The highest BCUT2D eigenvalue weighted by atomic mass is 16.3. The molecule has 6 nitrogen and oxygen atoms in total. The van der Waals surface area contributed by atoms with Gasteiger partial charge in [0.1, 0.15) is 5.75 Å². The second-order valence-electron chi connectivity index (χ2n) is 5.68. The number of aromatic hydroxyl groups is 1. The van der Waals surface area contributed by atoms with Crippen LogP contribution in [0.25, 0.3) is 0 Å². The van der Waals surface area contributed by atoms with Gasteiger partial charge in [0.2, 0.25) is 0 Å². The summed E-state index contributed by atoms with van der Waals surface area (Å²) in [5, 5.41) is 12.4. The molecular formula is C17H20N4O2. The molecule has 1 aliphatic rings. The van der Waals surface area contributed by atoms with Crippen molar-refractivity contribution in [3.63, 3.8) is 0 Å². The monoisotopic (exact) mass is 312 g/mol. The number of piperazine rings is 1. The predicted molar refractivity (Wildman–Crippen MR) is 90.0 cm³/mol. The quantitative estimate of drug-likeness (QED) is 0.904. The molecule has 3 rings (SSSR count). The fourth-order valence-electron chi connectivity index (χ4n) is 2.60. The van der Waals surface area contributed by atoms with Gasteiger partial charge in [-0.3, -0.25) is 9.78 Å². The van der Waals surface area contributed by atoms with Crippen LogP contribution in [0.5, 0.6) is 5.75 Å². The van der Waals surface area contributed by atoms with Gasteiger partial charge in [-0.25, -0.2) is 0 Å². The molecule has 1 fully saturated rings. The molecule has 2 heterocycles. The summed E-state index contributed by atoms with van der Waals surface area (Å²) in [7, 11) is 2.13. The van der Waals surface area contributed by atoms with E-state index in [9.17, 15) is 9.90 Å². The topological polar surface area (TPSA) is 68.7 Å². The summed E-state index contributed by atoms with van der Waals surface area (Å²) >= 11 is 0. The third-order valence-corrected chi connectivity index (χ3v) is 4.04. The Morgan fingerprint density at radius 2 is 1.83 bits per heavy atom. The molecule has 1 amide bonds. The molecule has 0 spiro atoms. The lowest BCUT2D eigenvalue weighted by Gasteiger charge is -2.34. The number of aromatic nitrogens is 1. The molecule has 23 heavy (non-hydrogen) atoms. The molecule has 1 aliphatic heterocycles. The standard InChI is InChI=1S/C17H20N4O2/c1-20-8-10-21(11-9-20)14-4-2-13(3-5-14)19-17(23)15-6-7-18-12-16(15)22/h2-7,12,22H,8-11H2,1H3,(H,19,23). The molecule has 1 saturated heterocycles. The van der Waals surface area contributed by atoms with Crippen LogP contribution in [0.4, 0.5) is 11.4 Å². The molecule has 120 valence electrons. The van der Waals surface area contributed by atoms with E-state index in [4.69, 9.17) is 0 Å². The number of hydrogen-bond acceptors (Lipinski definition) is 5. The van der Waals surface area contributed by atoms with Crippen molar-refractivity contribution < 1.29 is 9.90 Å². The minimum atomic E-state index is -0.350. The van der Waals surface area contributed by atoms with Crippen molar-refractivity contribution in [2.45, 2.75) is 0 Å². The van der Waals surface area contributed by atoms with Gasteiger partial charge in [0.15, 0.2) is 0 Å². The molecule has 1 aromatic carbocycles. The molecule has 6 heteroatoms. The van der Waals surface area contributed by atoms with Crippen LogP contribution in [-0.4, -0.2) is 54.1 Å². The van der Waals surface area contributed by atoms with Crippen LogP contribution >= 0.6 is 0 Å². The van der Waals surface area contributed by atoms with E-state index in [0.29, 0.717) is 5.69 Å². The number of likely N-dealkylation sites (N-methyl/N-ethyl adjacent to an activating group) is 1. The van der Waals surface area contributed by atoms with Crippen molar-refractivity contribution in [3.8, 4) is 5.75 Å². The molecule has 0 radical (unpaired) electrons. The zero-order valence-electron chi connectivity index (χ0n) is 13.1. The molecule has 2 aromatic rings. The Hall–Kier alpha value is -2.60. The van der Waals surface area contributed by atoms with Crippen molar-refractivity contribution in [3.05, 3.63) is 48.3 Å². The molecule has 0 unspecified atom stereocenters. The van der Waals surface area contributed by atoms with E-state index in [1.54, 1.807) is 0 Å². The van der Waals surface area contributed by atoms with Crippen LogP contribution in [0, 0.1) is 0 Å². The SMILES string of the molecule is CN1CCN(c2ccc(NC(=O)c3ccncc3O)cc2)CC1. The summed E-state index contributed by atoms with van der Waals surface area (Å²) in [6, 6.07) is 9.26. The van der Waals surface area contributed by atoms with Crippen LogP contribution < -0.4 is 10.2 Å². The van der Waals surface area contributed by atoms with Crippen LogP contribution in [0.15, 0.2) is 42.7 Å². The first kappa shape index (κ1) is 15.3. The highest BCUT2D eigenvalue weighted by Crippen LogP contribution is 2.21. The molecule has 1 aromatic heterocycles. The maximum absolute atomic E-state index is 12.1.